The van der Waals surface area contributed by atoms with Crippen molar-refractivity contribution in [2.24, 2.45) is 4.99 Å². The monoisotopic (exact) mass is 347 g/mol. The Hall–Kier alpha value is -2.63. The summed E-state index contributed by atoms with van der Waals surface area (Å²) in [6.07, 6.45) is 1.82. The van der Waals surface area contributed by atoms with Crippen molar-refractivity contribution in [1.82, 2.24) is 4.90 Å². The molecule has 0 fully saturated rings. The highest BCUT2D eigenvalue weighted by Gasteiger charge is 2.06. The molecule has 0 saturated carbocycles. The van der Waals surface area contributed by atoms with Crippen molar-refractivity contribution < 1.29 is 13.5 Å². The number of rotatable bonds is 7. The number of ether oxygens (including phenoxy) is 1. The second kappa shape index (κ2) is 8.46. The molecular formula is C19H23F2N3O. The van der Waals surface area contributed by atoms with Crippen LogP contribution >= 0.6 is 0 Å². The number of hydrogen-bond donors (Lipinski definition) is 1. The largest absolute Gasteiger partial charge is 0.435 e. The highest BCUT2D eigenvalue weighted by Crippen LogP contribution is 2.29. The van der Waals surface area contributed by atoms with Gasteiger partial charge < -0.3 is 15.0 Å². The summed E-state index contributed by atoms with van der Waals surface area (Å²) in [6, 6.07) is 10.5. The highest BCUT2D eigenvalue weighted by atomic mass is 19.3. The van der Waals surface area contributed by atoms with E-state index in [1.165, 1.54) is 12.1 Å². The van der Waals surface area contributed by atoms with Gasteiger partial charge in [-0.1, -0.05) is 0 Å². The van der Waals surface area contributed by atoms with Gasteiger partial charge >= 0.3 is 6.61 Å². The molecule has 4 nitrogen and oxygen atoms in total. The van der Waals surface area contributed by atoms with Gasteiger partial charge in [0, 0.05) is 25.0 Å². The van der Waals surface area contributed by atoms with Crippen LogP contribution in [-0.4, -0.2) is 31.4 Å². The molecule has 1 N–H and O–H groups in total. The third kappa shape index (κ3) is 5.45. The van der Waals surface area contributed by atoms with Crippen LogP contribution in [-0.2, 0) is 0 Å². The first-order valence-corrected chi connectivity index (χ1v) is 8.06. The lowest BCUT2D eigenvalue weighted by Crippen LogP contribution is -2.14. The molecule has 2 aromatic carbocycles. The molecule has 0 aliphatic carbocycles. The van der Waals surface area contributed by atoms with E-state index in [1.54, 1.807) is 12.1 Å². The van der Waals surface area contributed by atoms with Crippen LogP contribution in [0.3, 0.4) is 0 Å². The van der Waals surface area contributed by atoms with Gasteiger partial charge in [-0.05, 0) is 68.3 Å². The van der Waals surface area contributed by atoms with Gasteiger partial charge in [-0.2, -0.15) is 8.78 Å². The second-order valence-corrected chi connectivity index (χ2v) is 5.80. The predicted octanol–water partition coefficient (Wildman–Crippen LogP) is 5.26. The first-order chi connectivity index (χ1) is 11.9. The average Bonchev–Trinajstić information content (AvgIpc) is 2.57. The maximum absolute atomic E-state index is 12.2. The number of aryl methyl sites for hydroxylation is 2. The number of alkyl halides is 2. The molecule has 25 heavy (non-hydrogen) atoms. The number of halogens is 2. The van der Waals surface area contributed by atoms with Crippen molar-refractivity contribution in [2.45, 2.75) is 27.4 Å². The van der Waals surface area contributed by atoms with Crippen LogP contribution in [0.5, 0.6) is 5.75 Å². The van der Waals surface area contributed by atoms with Crippen molar-refractivity contribution in [1.29, 1.82) is 0 Å². The average molecular weight is 347 g/mol. The molecule has 0 spiro atoms. The number of hydrogen-bond acceptors (Lipinski definition) is 3. The van der Waals surface area contributed by atoms with E-state index in [4.69, 9.17) is 0 Å². The van der Waals surface area contributed by atoms with Crippen LogP contribution in [0.4, 0.5) is 25.8 Å². The molecule has 0 radical (unpaired) electrons. The summed E-state index contributed by atoms with van der Waals surface area (Å²) < 4.78 is 28.7. The van der Waals surface area contributed by atoms with Gasteiger partial charge in [-0.3, -0.25) is 0 Å². The van der Waals surface area contributed by atoms with Crippen LogP contribution in [0.25, 0.3) is 0 Å². The summed E-state index contributed by atoms with van der Waals surface area (Å²) in [4.78, 5) is 6.51. The fourth-order valence-electron chi connectivity index (χ4n) is 2.19. The zero-order valence-electron chi connectivity index (χ0n) is 14.9. The molecule has 0 saturated heterocycles. The fraction of sp³-hybridized carbons (Fsp3) is 0.316. The Bertz CT molecular complexity index is 730. The maximum Gasteiger partial charge on any atom is 0.387 e. The van der Waals surface area contributed by atoms with Gasteiger partial charge in [0.05, 0.1) is 12.0 Å². The first kappa shape index (κ1) is 18.7. The number of nitrogens with zero attached hydrogens (tertiary/aromatic N) is 2. The van der Waals surface area contributed by atoms with Crippen LogP contribution in [0, 0.1) is 13.8 Å². The quantitative estimate of drug-likeness (QED) is 0.548. The Morgan fingerprint density at radius 2 is 1.84 bits per heavy atom. The lowest BCUT2D eigenvalue weighted by atomic mass is 10.1. The Labute approximate surface area is 147 Å². The summed E-state index contributed by atoms with van der Waals surface area (Å²) in [5.41, 5.74) is 4.76. The molecule has 134 valence electrons. The third-order valence-corrected chi connectivity index (χ3v) is 3.79. The van der Waals surface area contributed by atoms with E-state index in [1.807, 2.05) is 44.3 Å². The molecule has 0 bridgehead atoms. The second-order valence-electron chi connectivity index (χ2n) is 5.80. The summed E-state index contributed by atoms with van der Waals surface area (Å²) in [5, 5.41) is 3.29. The Morgan fingerprint density at radius 3 is 2.44 bits per heavy atom. The zero-order valence-corrected chi connectivity index (χ0v) is 14.9. The highest BCUT2D eigenvalue weighted by molar-refractivity contribution is 5.70. The van der Waals surface area contributed by atoms with E-state index in [0.29, 0.717) is 0 Å². The third-order valence-electron chi connectivity index (χ3n) is 3.79. The van der Waals surface area contributed by atoms with Crippen molar-refractivity contribution in [2.75, 3.05) is 18.9 Å². The van der Waals surface area contributed by atoms with Crippen molar-refractivity contribution in [3.8, 4) is 5.75 Å². The Morgan fingerprint density at radius 1 is 1.16 bits per heavy atom. The molecule has 0 unspecified atom stereocenters. The summed E-state index contributed by atoms with van der Waals surface area (Å²) in [5.74, 6) is 0.137. The van der Waals surface area contributed by atoms with Gasteiger partial charge in [0.2, 0.25) is 0 Å². The number of benzene rings is 2. The SMILES string of the molecule is CCN(C)/C=N\c1cc(C)c(Nc2ccc(OC(F)F)cc2)cc1C. The van der Waals surface area contributed by atoms with E-state index in [0.717, 1.165) is 34.7 Å². The van der Waals surface area contributed by atoms with Crippen LogP contribution in [0.2, 0.25) is 0 Å². The lowest BCUT2D eigenvalue weighted by Gasteiger charge is -2.14. The van der Waals surface area contributed by atoms with Crippen LogP contribution in [0.15, 0.2) is 41.4 Å². The number of aliphatic imine (C=N–C) groups is 1. The van der Waals surface area contributed by atoms with Crippen molar-refractivity contribution in [3.63, 3.8) is 0 Å². The van der Waals surface area contributed by atoms with Crippen LogP contribution < -0.4 is 10.1 Å². The summed E-state index contributed by atoms with van der Waals surface area (Å²) >= 11 is 0. The van der Waals surface area contributed by atoms with Gasteiger partial charge in [-0.15, -0.1) is 0 Å². The van der Waals surface area contributed by atoms with Crippen molar-refractivity contribution >= 4 is 23.4 Å². The minimum Gasteiger partial charge on any atom is -0.435 e. The Balaban J connectivity index is 2.15. The molecule has 0 aliphatic heterocycles. The van der Waals surface area contributed by atoms with E-state index in [2.05, 4.69) is 22.0 Å². The summed E-state index contributed by atoms with van der Waals surface area (Å²) in [7, 11) is 1.98. The normalized spacial score (nSPS) is 11.2. The van der Waals surface area contributed by atoms with Gasteiger partial charge in [0.1, 0.15) is 5.75 Å². The topological polar surface area (TPSA) is 36.9 Å². The molecule has 0 amide bonds. The number of nitrogens with one attached hydrogen (secondary N) is 1. The molecule has 2 aromatic rings. The smallest absolute Gasteiger partial charge is 0.387 e. The van der Waals surface area contributed by atoms with E-state index in [-0.39, 0.29) is 5.75 Å². The standard InChI is InChI=1S/C19H23F2N3O/c1-5-24(4)12-22-17-10-14(3)18(11-13(17)2)23-15-6-8-16(9-7-15)25-19(20)21/h6-12,19,23H,5H2,1-4H3/b22-12-. The van der Waals surface area contributed by atoms with Gasteiger partial charge in [-0.25, -0.2) is 4.99 Å². The molecular weight excluding hydrogens is 324 g/mol. The molecule has 0 atom stereocenters. The first-order valence-electron chi connectivity index (χ1n) is 8.06. The van der Waals surface area contributed by atoms with Gasteiger partial charge in [0.25, 0.3) is 0 Å². The predicted molar refractivity (Wildman–Crippen MR) is 98.7 cm³/mol. The molecule has 0 heterocycles. The van der Waals surface area contributed by atoms with E-state index < -0.39 is 6.61 Å². The minimum absolute atomic E-state index is 0.137. The molecule has 0 aliphatic rings. The lowest BCUT2D eigenvalue weighted by molar-refractivity contribution is -0.0498. The van der Waals surface area contributed by atoms with Crippen molar-refractivity contribution in [3.05, 3.63) is 47.5 Å². The van der Waals surface area contributed by atoms with E-state index >= 15 is 0 Å². The maximum atomic E-state index is 12.2. The fourth-order valence-corrected chi connectivity index (χ4v) is 2.19. The molecule has 6 heteroatoms. The summed E-state index contributed by atoms with van der Waals surface area (Å²) in [6.45, 7) is 4.14. The van der Waals surface area contributed by atoms with E-state index in [9.17, 15) is 8.78 Å². The Kier molecular flexibility index (Phi) is 6.33. The number of anilines is 2. The van der Waals surface area contributed by atoms with Gasteiger partial charge in [0.15, 0.2) is 0 Å². The molecule has 0 aromatic heterocycles. The molecule has 2 rings (SSSR count). The van der Waals surface area contributed by atoms with Crippen LogP contribution in [0.1, 0.15) is 18.1 Å². The zero-order chi connectivity index (χ0) is 18.4. The minimum atomic E-state index is -2.82.